The molecular weight excluding hydrogens is 403 g/mol. The molecule has 0 saturated carbocycles. The Morgan fingerprint density at radius 1 is 0.710 bits per heavy atom. The maximum absolute atomic E-state index is 11.6. The van der Waals surface area contributed by atoms with Crippen LogP contribution in [0.2, 0.25) is 0 Å². The molecule has 1 heterocycles. The zero-order valence-corrected chi connectivity index (χ0v) is 22.0. The Labute approximate surface area is 189 Å². The molecule has 2 aromatic rings. The van der Waals surface area contributed by atoms with Crippen LogP contribution in [0.4, 0.5) is 0 Å². The summed E-state index contributed by atoms with van der Waals surface area (Å²) in [4.78, 5) is 11.6. The minimum atomic E-state index is -3.27. The van der Waals surface area contributed by atoms with E-state index in [4.69, 9.17) is 9.05 Å². The van der Waals surface area contributed by atoms with Crippen LogP contribution in [0.5, 0.6) is 11.5 Å². The highest BCUT2D eigenvalue weighted by Crippen LogP contribution is 2.57. The lowest BCUT2D eigenvalue weighted by Crippen LogP contribution is -2.20. The molecule has 170 valence electrons. The van der Waals surface area contributed by atoms with Gasteiger partial charge in [-0.15, -0.1) is 0 Å². The van der Waals surface area contributed by atoms with Crippen molar-refractivity contribution >= 4 is 13.4 Å². The molecule has 0 fully saturated rings. The van der Waals surface area contributed by atoms with Crippen LogP contribution >= 0.6 is 7.57 Å². The highest BCUT2D eigenvalue weighted by atomic mass is 31.2. The number of fused-ring (bicyclic) bond motifs is 1. The summed E-state index contributed by atoms with van der Waals surface area (Å²) >= 11 is 0. The van der Waals surface area contributed by atoms with Crippen LogP contribution in [0.25, 0.3) is 0 Å². The van der Waals surface area contributed by atoms with Crippen molar-refractivity contribution in [2.24, 2.45) is 0 Å². The van der Waals surface area contributed by atoms with Crippen molar-refractivity contribution in [2.45, 2.75) is 92.4 Å². The second kappa shape index (κ2) is 7.42. The van der Waals surface area contributed by atoms with Crippen molar-refractivity contribution < 1.29 is 13.9 Å². The highest BCUT2D eigenvalue weighted by molar-refractivity contribution is 7.61. The molecule has 3 rings (SSSR count). The van der Waals surface area contributed by atoms with E-state index in [2.05, 4.69) is 100 Å². The largest absolute Gasteiger partial charge is 0.423 e. The molecule has 1 aliphatic heterocycles. The number of hydrogen-bond donors (Lipinski definition) is 1. The first-order valence-corrected chi connectivity index (χ1v) is 12.7. The average Bonchev–Trinajstić information content (AvgIpc) is 2.88. The number of hydrogen-bond acceptors (Lipinski definition) is 3. The van der Waals surface area contributed by atoms with E-state index in [0.29, 0.717) is 0 Å². The molecule has 1 aliphatic rings. The molecule has 0 radical (unpaired) electrons. The third-order valence-corrected chi connectivity index (χ3v) is 7.16. The molecule has 0 saturated heterocycles. The maximum Gasteiger partial charge on any atom is 0.361 e. The zero-order chi connectivity index (χ0) is 23.6. The van der Waals surface area contributed by atoms with Crippen molar-refractivity contribution in [3.05, 3.63) is 57.6 Å². The van der Waals surface area contributed by atoms with Crippen molar-refractivity contribution in [2.75, 3.05) is 0 Å². The minimum absolute atomic E-state index is 0.101. The van der Waals surface area contributed by atoms with E-state index in [1.54, 1.807) is 0 Å². The van der Waals surface area contributed by atoms with Crippen LogP contribution in [0.1, 0.15) is 95.7 Å². The van der Waals surface area contributed by atoms with Crippen molar-refractivity contribution in [1.82, 2.24) is 0 Å². The van der Waals surface area contributed by atoms with Crippen molar-refractivity contribution in [3.8, 4) is 11.5 Å². The predicted molar refractivity (Wildman–Crippen MR) is 134 cm³/mol. The van der Waals surface area contributed by atoms with Crippen LogP contribution in [0, 0.1) is 13.8 Å². The fourth-order valence-electron chi connectivity index (χ4n) is 4.05. The molecule has 4 heteroatoms. The zero-order valence-electron chi connectivity index (χ0n) is 21.1. The van der Waals surface area contributed by atoms with Gasteiger partial charge in [0.2, 0.25) is 0 Å². The Balaban J connectivity index is 2.18. The predicted octanol–water partition coefficient (Wildman–Crippen LogP) is 7.57. The molecule has 1 unspecified atom stereocenters. The quantitative estimate of drug-likeness (QED) is 0.487. The summed E-state index contributed by atoms with van der Waals surface area (Å²) in [6, 6.07) is 8.56. The maximum atomic E-state index is 11.6. The van der Waals surface area contributed by atoms with E-state index in [1.165, 1.54) is 5.56 Å². The molecule has 31 heavy (non-hydrogen) atoms. The summed E-state index contributed by atoms with van der Waals surface area (Å²) in [7, 11) is -3.27. The molecule has 2 aromatic carbocycles. The average molecular weight is 443 g/mol. The first-order chi connectivity index (χ1) is 13.9. The fraction of sp³-hybridized carbons (Fsp3) is 0.519. The first kappa shape index (κ1) is 24.0. The molecule has 1 N–H and O–H groups in total. The van der Waals surface area contributed by atoms with Gasteiger partial charge in [0.1, 0.15) is 11.5 Å². The Kier molecular flexibility index (Phi) is 5.74. The number of aryl methyl sites for hydroxylation is 2. The number of rotatable bonds is 2. The van der Waals surface area contributed by atoms with Gasteiger partial charge in [0.25, 0.3) is 0 Å². The van der Waals surface area contributed by atoms with Crippen LogP contribution in [0.3, 0.4) is 0 Å². The summed E-state index contributed by atoms with van der Waals surface area (Å²) < 4.78 is 12.8. The first-order valence-electron chi connectivity index (χ1n) is 11.1. The lowest BCUT2D eigenvalue weighted by atomic mass is 9.78. The van der Waals surface area contributed by atoms with Crippen LogP contribution in [0.15, 0.2) is 24.3 Å². The molecule has 0 aliphatic carbocycles. The van der Waals surface area contributed by atoms with Gasteiger partial charge in [-0.2, -0.15) is 0 Å². The summed E-state index contributed by atoms with van der Waals surface area (Å²) in [5.41, 5.74) is 6.15. The van der Waals surface area contributed by atoms with E-state index in [9.17, 15) is 4.89 Å². The molecule has 1 atom stereocenters. The third-order valence-electron chi connectivity index (χ3n) is 5.67. The van der Waals surface area contributed by atoms with E-state index in [-0.39, 0.29) is 16.2 Å². The van der Waals surface area contributed by atoms with Crippen LogP contribution in [-0.2, 0) is 16.2 Å². The van der Waals surface area contributed by atoms with Gasteiger partial charge in [-0.25, -0.2) is 0 Å². The molecular formula is C27H39O3P. The van der Waals surface area contributed by atoms with Crippen LogP contribution < -0.4 is 9.05 Å². The van der Waals surface area contributed by atoms with Crippen LogP contribution in [-0.4, -0.2) is 10.7 Å². The lowest BCUT2D eigenvalue weighted by molar-refractivity contribution is 0.363. The molecule has 0 bridgehead atoms. The van der Waals surface area contributed by atoms with E-state index in [0.717, 1.165) is 39.3 Å². The van der Waals surface area contributed by atoms with Crippen molar-refractivity contribution in [3.63, 3.8) is 0 Å². The third kappa shape index (κ3) is 4.89. The van der Waals surface area contributed by atoms with E-state index < -0.39 is 7.57 Å². The Morgan fingerprint density at radius 2 is 1.13 bits per heavy atom. The molecule has 3 nitrogen and oxygen atoms in total. The fourth-order valence-corrected chi connectivity index (χ4v) is 5.66. The summed E-state index contributed by atoms with van der Waals surface area (Å²) in [5.74, 6) is 3.30. The van der Waals surface area contributed by atoms with Crippen molar-refractivity contribution in [1.29, 1.82) is 0 Å². The summed E-state index contributed by atoms with van der Waals surface area (Å²) in [6.07, 6.45) is 0. The second-order valence-corrected chi connectivity index (χ2v) is 13.8. The van der Waals surface area contributed by atoms with Gasteiger partial charge in [-0.3, -0.25) is 0 Å². The Hall–Kier alpha value is -1.70. The SMILES string of the molecule is Cc1cc2c(c(C(C)(C)C)c1)OP(O)(Oc1c(C(C)(C)C)cc(C)cc1C(C)(C)C)=C2. The summed E-state index contributed by atoms with van der Waals surface area (Å²) in [6.45, 7) is 23.8. The van der Waals surface area contributed by atoms with Gasteiger partial charge in [-0.05, 0) is 41.7 Å². The monoisotopic (exact) mass is 442 g/mol. The molecule has 0 amide bonds. The van der Waals surface area contributed by atoms with Gasteiger partial charge >= 0.3 is 7.57 Å². The van der Waals surface area contributed by atoms with E-state index in [1.807, 2.05) is 5.80 Å². The van der Waals surface area contributed by atoms with Gasteiger partial charge in [0, 0.05) is 28.1 Å². The summed E-state index contributed by atoms with van der Waals surface area (Å²) in [5, 5.41) is 0. The highest BCUT2D eigenvalue weighted by Gasteiger charge is 2.36. The van der Waals surface area contributed by atoms with Gasteiger partial charge in [0.05, 0.1) is 0 Å². The van der Waals surface area contributed by atoms with Gasteiger partial charge in [-0.1, -0.05) is 86.1 Å². The van der Waals surface area contributed by atoms with E-state index >= 15 is 0 Å². The van der Waals surface area contributed by atoms with Gasteiger partial charge in [0.15, 0.2) is 0 Å². The number of benzene rings is 2. The minimum Gasteiger partial charge on any atom is -0.423 e. The lowest BCUT2D eigenvalue weighted by Gasteiger charge is -2.32. The standard InChI is InChI=1S/C27H39O3P/c1-17-12-19-16-31(28,29-23(19)20(13-17)25(3,4)5)30-24-21(26(6,7)8)14-18(2)15-22(24)27(9,10)11/h12-16,28H,1-11H3. The Morgan fingerprint density at radius 3 is 1.58 bits per heavy atom. The smallest absolute Gasteiger partial charge is 0.361 e. The van der Waals surface area contributed by atoms with Gasteiger partial charge < -0.3 is 13.9 Å². The second-order valence-electron chi connectivity index (χ2n) is 12.0. The normalized spacial score (nSPS) is 19.0. The Bertz CT molecular complexity index is 1040. The molecule has 0 spiro atoms. The topological polar surface area (TPSA) is 38.7 Å². The molecule has 0 aromatic heterocycles.